The zero-order chi connectivity index (χ0) is 16.4. The summed E-state index contributed by atoms with van der Waals surface area (Å²) in [6.45, 7) is 4.61. The summed E-state index contributed by atoms with van der Waals surface area (Å²) in [5.74, 6) is 0.102. The maximum absolute atomic E-state index is 12.1. The second kappa shape index (κ2) is 6.26. The van der Waals surface area contributed by atoms with Crippen LogP contribution in [0.25, 0.3) is 10.9 Å². The molecule has 5 heteroatoms. The second-order valence-electron chi connectivity index (χ2n) is 6.79. The molecule has 3 rings (SSSR count). The van der Waals surface area contributed by atoms with Gasteiger partial charge in [-0.3, -0.25) is 9.78 Å². The van der Waals surface area contributed by atoms with Crippen molar-refractivity contribution in [2.75, 3.05) is 13.2 Å². The number of para-hydroxylation sites is 1. The van der Waals surface area contributed by atoms with E-state index in [1.54, 1.807) is 13.8 Å². The summed E-state index contributed by atoms with van der Waals surface area (Å²) in [6.07, 6.45) is 2.68. The lowest BCUT2D eigenvalue weighted by Gasteiger charge is -2.24. The zero-order valence-corrected chi connectivity index (χ0v) is 13.6. The van der Waals surface area contributed by atoms with E-state index in [2.05, 4.69) is 16.4 Å². The summed E-state index contributed by atoms with van der Waals surface area (Å²) in [5.41, 5.74) is 7.22. The molecule has 0 spiro atoms. The number of carbonyl (C=O) groups is 1. The van der Waals surface area contributed by atoms with E-state index in [0.717, 1.165) is 17.3 Å². The Hall–Kier alpha value is -1.98. The van der Waals surface area contributed by atoms with E-state index in [-0.39, 0.29) is 17.9 Å². The van der Waals surface area contributed by atoms with Gasteiger partial charge in [-0.15, -0.1) is 0 Å². The van der Waals surface area contributed by atoms with Crippen LogP contribution in [-0.4, -0.2) is 35.7 Å². The minimum Gasteiger partial charge on any atom is -0.379 e. The van der Waals surface area contributed by atoms with Gasteiger partial charge >= 0.3 is 0 Å². The predicted octanol–water partition coefficient (Wildman–Crippen LogP) is 1.65. The number of rotatable bonds is 4. The molecule has 1 aliphatic rings. The highest BCUT2D eigenvalue weighted by Crippen LogP contribution is 2.24. The van der Waals surface area contributed by atoms with Crippen LogP contribution in [-0.2, 0) is 16.0 Å². The molecule has 2 heterocycles. The number of hydrogen-bond donors (Lipinski definition) is 2. The van der Waals surface area contributed by atoms with Crippen LogP contribution < -0.4 is 11.1 Å². The molecular formula is C18H23N3O2. The van der Waals surface area contributed by atoms with Gasteiger partial charge in [-0.2, -0.15) is 0 Å². The third-order valence-electron chi connectivity index (χ3n) is 4.32. The maximum atomic E-state index is 12.1. The monoisotopic (exact) mass is 313 g/mol. The molecule has 2 aromatic rings. The van der Waals surface area contributed by atoms with E-state index in [9.17, 15) is 4.79 Å². The van der Waals surface area contributed by atoms with Crippen LogP contribution in [0.2, 0.25) is 0 Å². The number of nitrogens with one attached hydrogen (secondary N) is 1. The number of aromatic nitrogens is 1. The van der Waals surface area contributed by atoms with E-state index in [1.165, 1.54) is 5.56 Å². The lowest BCUT2D eigenvalue weighted by atomic mass is 9.92. The average Bonchev–Trinajstić information content (AvgIpc) is 2.94. The van der Waals surface area contributed by atoms with Crippen molar-refractivity contribution in [3.63, 3.8) is 0 Å². The van der Waals surface area contributed by atoms with E-state index >= 15 is 0 Å². The molecule has 122 valence electrons. The summed E-state index contributed by atoms with van der Waals surface area (Å²) in [6, 6.07) is 10.2. The second-order valence-corrected chi connectivity index (χ2v) is 6.79. The first-order chi connectivity index (χ1) is 10.9. The lowest BCUT2D eigenvalue weighted by molar-refractivity contribution is -0.126. The molecule has 1 amide bonds. The standard InChI is InChI=1S/C18H23N3O2/c1-18(2,19)17(22)21-16-11-23-10-13(16)9-12-7-8-20-15-6-4-3-5-14(12)15/h3-8,13,16H,9-11,19H2,1-2H3,(H,21,22)/t13-,16+/m1/s1. The van der Waals surface area contributed by atoms with Crippen molar-refractivity contribution in [1.82, 2.24) is 10.3 Å². The van der Waals surface area contributed by atoms with Gasteiger partial charge in [-0.1, -0.05) is 18.2 Å². The van der Waals surface area contributed by atoms with E-state index in [1.807, 2.05) is 30.5 Å². The van der Waals surface area contributed by atoms with Crippen molar-refractivity contribution in [2.24, 2.45) is 11.7 Å². The number of hydrogen-bond acceptors (Lipinski definition) is 4. The molecule has 1 aliphatic heterocycles. The van der Waals surface area contributed by atoms with Gasteiger partial charge in [0.25, 0.3) is 0 Å². The number of nitrogens with zero attached hydrogens (tertiary/aromatic N) is 1. The van der Waals surface area contributed by atoms with Crippen molar-refractivity contribution in [3.05, 3.63) is 42.1 Å². The summed E-state index contributed by atoms with van der Waals surface area (Å²) in [4.78, 5) is 16.5. The molecule has 0 unspecified atom stereocenters. The number of fused-ring (bicyclic) bond motifs is 1. The number of nitrogens with two attached hydrogens (primary N) is 1. The summed E-state index contributed by atoms with van der Waals surface area (Å²) >= 11 is 0. The highest BCUT2D eigenvalue weighted by Gasteiger charge is 2.33. The van der Waals surface area contributed by atoms with Gasteiger partial charge in [0.2, 0.25) is 5.91 Å². The Morgan fingerprint density at radius 3 is 2.91 bits per heavy atom. The van der Waals surface area contributed by atoms with E-state index in [0.29, 0.717) is 13.2 Å². The Kier molecular flexibility index (Phi) is 4.33. The van der Waals surface area contributed by atoms with Crippen molar-refractivity contribution in [3.8, 4) is 0 Å². The highest BCUT2D eigenvalue weighted by atomic mass is 16.5. The topological polar surface area (TPSA) is 77.2 Å². The maximum Gasteiger partial charge on any atom is 0.239 e. The summed E-state index contributed by atoms with van der Waals surface area (Å²) in [5, 5.41) is 4.19. The number of carbonyl (C=O) groups excluding carboxylic acids is 1. The van der Waals surface area contributed by atoms with Crippen molar-refractivity contribution >= 4 is 16.8 Å². The predicted molar refractivity (Wildman–Crippen MR) is 90.0 cm³/mol. The summed E-state index contributed by atoms with van der Waals surface area (Å²) < 4.78 is 5.60. The molecular weight excluding hydrogens is 290 g/mol. The minimum absolute atomic E-state index is 0.00254. The van der Waals surface area contributed by atoms with Crippen molar-refractivity contribution in [1.29, 1.82) is 0 Å². The van der Waals surface area contributed by atoms with Crippen LogP contribution in [0.3, 0.4) is 0 Å². The van der Waals surface area contributed by atoms with Crippen LogP contribution in [0.5, 0.6) is 0 Å². The fraction of sp³-hybridized carbons (Fsp3) is 0.444. The number of benzene rings is 1. The molecule has 0 bridgehead atoms. The Labute approximate surface area is 136 Å². The van der Waals surface area contributed by atoms with Crippen LogP contribution in [0.1, 0.15) is 19.4 Å². The first-order valence-electron chi connectivity index (χ1n) is 7.95. The fourth-order valence-electron chi connectivity index (χ4n) is 2.93. The van der Waals surface area contributed by atoms with Gasteiger partial charge in [-0.05, 0) is 38.0 Å². The molecule has 0 saturated carbocycles. The van der Waals surface area contributed by atoms with Gasteiger partial charge in [0, 0.05) is 17.5 Å². The third-order valence-corrected chi connectivity index (χ3v) is 4.32. The molecule has 2 atom stereocenters. The number of amides is 1. The highest BCUT2D eigenvalue weighted by molar-refractivity contribution is 5.85. The Morgan fingerprint density at radius 1 is 1.35 bits per heavy atom. The lowest BCUT2D eigenvalue weighted by Crippen LogP contribution is -2.53. The Bertz CT molecular complexity index is 703. The van der Waals surface area contributed by atoms with E-state index in [4.69, 9.17) is 10.5 Å². The molecule has 5 nitrogen and oxygen atoms in total. The summed E-state index contributed by atoms with van der Waals surface area (Å²) in [7, 11) is 0. The number of ether oxygens (including phenoxy) is 1. The van der Waals surface area contributed by atoms with Gasteiger partial charge < -0.3 is 15.8 Å². The van der Waals surface area contributed by atoms with Crippen LogP contribution in [0.4, 0.5) is 0 Å². The van der Waals surface area contributed by atoms with Crippen LogP contribution in [0, 0.1) is 5.92 Å². The molecule has 1 fully saturated rings. The minimum atomic E-state index is -0.878. The molecule has 1 aromatic carbocycles. The molecule has 1 aromatic heterocycles. The normalized spacial score (nSPS) is 21.5. The third kappa shape index (κ3) is 3.51. The van der Waals surface area contributed by atoms with Crippen molar-refractivity contribution < 1.29 is 9.53 Å². The SMILES string of the molecule is CC(C)(N)C(=O)N[C@H]1COC[C@H]1Cc1ccnc2ccccc12. The smallest absolute Gasteiger partial charge is 0.239 e. The van der Waals surface area contributed by atoms with Gasteiger partial charge in [0.15, 0.2) is 0 Å². The largest absolute Gasteiger partial charge is 0.379 e. The number of pyridine rings is 1. The van der Waals surface area contributed by atoms with Gasteiger partial charge in [-0.25, -0.2) is 0 Å². The van der Waals surface area contributed by atoms with Gasteiger partial charge in [0.1, 0.15) is 0 Å². The molecule has 1 saturated heterocycles. The Morgan fingerprint density at radius 2 is 2.13 bits per heavy atom. The first-order valence-corrected chi connectivity index (χ1v) is 7.95. The van der Waals surface area contributed by atoms with Gasteiger partial charge in [0.05, 0.1) is 30.3 Å². The molecule has 23 heavy (non-hydrogen) atoms. The Balaban J connectivity index is 1.77. The molecule has 0 aliphatic carbocycles. The van der Waals surface area contributed by atoms with Crippen LogP contribution in [0.15, 0.2) is 36.5 Å². The van der Waals surface area contributed by atoms with Crippen LogP contribution >= 0.6 is 0 Å². The molecule has 0 radical (unpaired) electrons. The van der Waals surface area contributed by atoms with Crippen molar-refractivity contribution in [2.45, 2.75) is 31.8 Å². The fourth-order valence-corrected chi connectivity index (χ4v) is 2.93. The molecule has 3 N–H and O–H groups in total. The quantitative estimate of drug-likeness (QED) is 0.900. The zero-order valence-electron chi connectivity index (χ0n) is 13.6. The average molecular weight is 313 g/mol. The first kappa shape index (κ1) is 15.9. The van der Waals surface area contributed by atoms with E-state index < -0.39 is 5.54 Å².